The minimum Gasteiger partial charge on any atom is -0.507 e. The highest BCUT2D eigenvalue weighted by atomic mass is 35.5. The van der Waals surface area contributed by atoms with E-state index in [9.17, 15) is 14.7 Å². The SMILES string of the molecule is CCCN1C(=O)C(=O)/C(=C(\O)c2ccc(Cl)c(Cl)c2)C1c1ccc(OC(C)C)cc1. The van der Waals surface area contributed by atoms with Gasteiger partial charge in [0.2, 0.25) is 0 Å². The molecule has 1 N–H and O–H groups in total. The number of nitrogens with zero attached hydrogens (tertiary/aromatic N) is 1. The predicted molar refractivity (Wildman–Crippen MR) is 118 cm³/mol. The lowest BCUT2D eigenvalue weighted by molar-refractivity contribution is -0.139. The fourth-order valence-electron chi connectivity index (χ4n) is 3.50. The Morgan fingerprint density at radius 3 is 2.33 bits per heavy atom. The second kappa shape index (κ2) is 9.11. The summed E-state index contributed by atoms with van der Waals surface area (Å²) in [6.07, 6.45) is 0.696. The summed E-state index contributed by atoms with van der Waals surface area (Å²) in [6, 6.07) is 11.1. The molecule has 1 unspecified atom stereocenters. The summed E-state index contributed by atoms with van der Waals surface area (Å²) in [4.78, 5) is 27.1. The smallest absolute Gasteiger partial charge is 0.295 e. The van der Waals surface area contributed by atoms with Crippen LogP contribution in [0.1, 0.15) is 44.4 Å². The molecule has 0 aliphatic carbocycles. The van der Waals surface area contributed by atoms with Crippen LogP contribution in [0.15, 0.2) is 48.0 Å². The lowest BCUT2D eigenvalue weighted by atomic mass is 9.95. The van der Waals surface area contributed by atoms with Gasteiger partial charge in [-0.1, -0.05) is 42.3 Å². The van der Waals surface area contributed by atoms with Gasteiger partial charge in [0.25, 0.3) is 11.7 Å². The third-order valence-corrected chi connectivity index (χ3v) is 5.50. The monoisotopic (exact) mass is 447 g/mol. The van der Waals surface area contributed by atoms with Gasteiger partial charge in [-0.25, -0.2) is 0 Å². The first-order valence-corrected chi connectivity index (χ1v) is 10.5. The topological polar surface area (TPSA) is 66.8 Å². The van der Waals surface area contributed by atoms with Crippen molar-refractivity contribution >= 4 is 40.7 Å². The van der Waals surface area contributed by atoms with Gasteiger partial charge in [0.05, 0.1) is 27.8 Å². The second-order valence-corrected chi connectivity index (χ2v) is 8.17. The molecule has 1 heterocycles. The Bertz CT molecular complexity index is 999. The van der Waals surface area contributed by atoms with Crippen LogP contribution in [0.4, 0.5) is 0 Å². The van der Waals surface area contributed by atoms with Crippen molar-refractivity contribution in [3.8, 4) is 5.75 Å². The average Bonchev–Trinajstić information content (AvgIpc) is 2.95. The van der Waals surface area contributed by atoms with Crippen LogP contribution in [0.25, 0.3) is 5.76 Å². The van der Waals surface area contributed by atoms with Crippen LogP contribution in [-0.2, 0) is 9.59 Å². The lowest BCUT2D eigenvalue weighted by Crippen LogP contribution is -2.30. The van der Waals surface area contributed by atoms with Gasteiger partial charge in [0, 0.05) is 12.1 Å². The van der Waals surface area contributed by atoms with Gasteiger partial charge in [-0.2, -0.15) is 0 Å². The van der Waals surface area contributed by atoms with Crippen molar-refractivity contribution in [2.75, 3.05) is 6.54 Å². The molecule has 0 bridgehead atoms. The van der Waals surface area contributed by atoms with Crippen LogP contribution in [0, 0.1) is 0 Å². The van der Waals surface area contributed by atoms with E-state index in [2.05, 4.69) is 0 Å². The maximum atomic E-state index is 12.9. The number of rotatable bonds is 6. The number of halogens is 2. The van der Waals surface area contributed by atoms with E-state index >= 15 is 0 Å². The molecular weight excluding hydrogens is 425 g/mol. The Kier molecular flexibility index (Phi) is 6.74. The quantitative estimate of drug-likeness (QED) is 0.354. The molecule has 158 valence electrons. The van der Waals surface area contributed by atoms with Crippen LogP contribution in [0.2, 0.25) is 10.0 Å². The van der Waals surface area contributed by atoms with Crippen molar-refractivity contribution < 1.29 is 19.4 Å². The molecule has 1 atom stereocenters. The van der Waals surface area contributed by atoms with E-state index in [0.717, 1.165) is 0 Å². The fraction of sp³-hybridized carbons (Fsp3) is 0.304. The van der Waals surface area contributed by atoms with Crippen molar-refractivity contribution in [3.05, 3.63) is 69.2 Å². The minimum atomic E-state index is -0.723. The van der Waals surface area contributed by atoms with Gasteiger partial charge in [-0.15, -0.1) is 0 Å². The number of aliphatic hydroxyl groups is 1. The molecule has 0 aromatic heterocycles. The lowest BCUT2D eigenvalue weighted by Gasteiger charge is -2.25. The van der Waals surface area contributed by atoms with Crippen LogP contribution in [0.3, 0.4) is 0 Å². The van der Waals surface area contributed by atoms with E-state index < -0.39 is 17.7 Å². The number of amides is 1. The van der Waals surface area contributed by atoms with Crippen LogP contribution in [-0.4, -0.2) is 34.3 Å². The number of aliphatic hydroxyl groups excluding tert-OH is 1. The average molecular weight is 448 g/mol. The number of carbonyl (C=O) groups excluding carboxylic acids is 2. The molecule has 1 aliphatic heterocycles. The first-order valence-electron chi connectivity index (χ1n) is 9.75. The largest absolute Gasteiger partial charge is 0.507 e. The number of carbonyl (C=O) groups is 2. The summed E-state index contributed by atoms with van der Waals surface area (Å²) in [5.41, 5.74) is 1.06. The Balaban J connectivity index is 2.12. The minimum absolute atomic E-state index is 0.0243. The number of benzene rings is 2. The number of ketones is 1. The van der Waals surface area contributed by atoms with Gasteiger partial charge >= 0.3 is 0 Å². The molecule has 2 aromatic rings. The molecule has 7 heteroatoms. The molecule has 5 nitrogen and oxygen atoms in total. The molecule has 1 saturated heterocycles. The van der Waals surface area contributed by atoms with E-state index in [1.54, 1.807) is 30.3 Å². The molecule has 2 aromatic carbocycles. The van der Waals surface area contributed by atoms with Gasteiger partial charge in [-0.05, 0) is 56.2 Å². The molecular formula is C23H23Cl2NO4. The van der Waals surface area contributed by atoms with E-state index in [1.165, 1.54) is 17.0 Å². The van der Waals surface area contributed by atoms with Crippen molar-refractivity contribution in [2.24, 2.45) is 0 Å². The Hall–Kier alpha value is -2.50. The third kappa shape index (κ3) is 4.32. The molecule has 0 saturated carbocycles. The fourth-order valence-corrected chi connectivity index (χ4v) is 3.80. The van der Waals surface area contributed by atoms with Gasteiger partial charge in [0.15, 0.2) is 0 Å². The van der Waals surface area contributed by atoms with E-state index in [0.29, 0.717) is 34.9 Å². The van der Waals surface area contributed by atoms with Gasteiger partial charge in [0.1, 0.15) is 11.5 Å². The van der Waals surface area contributed by atoms with E-state index in [1.807, 2.05) is 20.8 Å². The number of hydrogen-bond donors (Lipinski definition) is 1. The number of Topliss-reactive ketones (excluding diaryl/α,β-unsaturated/α-hetero) is 1. The Morgan fingerprint density at radius 2 is 1.77 bits per heavy atom. The van der Waals surface area contributed by atoms with Crippen molar-refractivity contribution in [1.29, 1.82) is 0 Å². The van der Waals surface area contributed by atoms with E-state index in [4.69, 9.17) is 27.9 Å². The summed E-state index contributed by atoms with van der Waals surface area (Å²) in [7, 11) is 0. The molecule has 1 aliphatic rings. The first-order chi connectivity index (χ1) is 14.2. The highest BCUT2D eigenvalue weighted by molar-refractivity contribution is 6.46. The summed E-state index contributed by atoms with van der Waals surface area (Å²) in [5, 5.41) is 11.5. The zero-order valence-electron chi connectivity index (χ0n) is 17.0. The summed E-state index contributed by atoms with van der Waals surface area (Å²) < 4.78 is 5.68. The van der Waals surface area contributed by atoms with Gasteiger partial charge < -0.3 is 14.7 Å². The summed E-state index contributed by atoms with van der Waals surface area (Å²) >= 11 is 12.0. The van der Waals surface area contributed by atoms with Crippen molar-refractivity contribution in [3.63, 3.8) is 0 Å². The van der Waals surface area contributed by atoms with E-state index in [-0.39, 0.29) is 22.5 Å². The second-order valence-electron chi connectivity index (χ2n) is 7.36. The van der Waals surface area contributed by atoms with Crippen LogP contribution >= 0.6 is 23.2 Å². The zero-order chi connectivity index (χ0) is 22.0. The van der Waals surface area contributed by atoms with Crippen molar-refractivity contribution in [1.82, 2.24) is 4.90 Å². The van der Waals surface area contributed by atoms with Crippen LogP contribution < -0.4 is 4.74 Å². The van der Waals surface area contributed by atoms with Crippen LogP contribution in [0.5, 0.6) is 5.75 Å². The molecule has 3 rings (SSSR count). The Morgan fingerprint density at radius 1 is 1.10 bits per heavy atom. The highest BCUT2D eigenvalue weighted by Crippen LogP contribution is 2.40. The number of likely N-dealkylation sites (tertiary alicyclic amines) is 1. The summed E-state index contributed by atoms with van der Waals surface area (Å²) in [5.74, 6) is -0.950. The maximum Gasteiger partial charge on any atom is 0.295 e. The number of hydrogen-bond acceptors (Lipinski definition) is 4. The first kappa shape index (κ1) is 22.2. The zero-order valence-corrected chi connectivity index (χ0v) is 18.5. The molecule has 1 fully saturated rings. The van der Waals surface area contributed by atoms with Crippen molar-refractivity contribution in [2.45, 2.75) is 39.3 Å². The number of ether oxygens (including phenoxy) is 1. The molecule has 30 heavy (non-hydrogen) atoms. The normalized spacial score (nSPS) is 18.3. The summed E-state index contributed by atoms with van der Waals surface area (Å²) in [6.45, 7) is 6.18. The van der Waals surface area contributed by atoms with Gasteiger partial charge in [-0.3, -0.25) is 9.59 Å². The molecule has 0 spiro atoms. The maximum absolute atomic E-state index is 12.9. The molecule has 0 radical (unpaired) electrons. The third-order valence-electron chi connectivity index (χ3n) is 4.77. The highest BCUT2D eigenvalue weighted by Gasteiger charge is 2.45. The Labute approximate surface area is 185 Å². The predicted octanol–water partition coefficient (Wildman–Crippen LogP) is 5.61. The standard InChI is InChI=1S/C23H23Cl2NO4/c1-4-11-26-20(14-5-8-16(9-6-14)30-13(2)3)19(22(28)23(26)29)21(27)15-7-10-17(24)18(25)12-15/h5-10,12-13,20,27H,4,11H2,1-3H3/b21-19-. The molecule has 1 amide bonds.